The maximum Gasteiger partial charge on any atom is 0.342 e. The molecular formula is C17H20FN5O3S. The number of aryl methyl sites for hydroxylation is 1. The molecule has 1 aromatic carbocycles. The van der Waals surface area contributed by atoms with E-state index in [1.54, 1.807) is 11.5 Å². The molecule has 2 aliphatic rings. The quantitative estimate of drug-likeness (QED) is 0.457. The molecule has 0 saturated carbocycles. The molecular weight excluding hydrogens is 373 g/mol. The maximum absolute atomic E-state index is 15.4. The van der Waals surface area contributed by atoms with Crippen molar-refractivity contribution in [3.05, 3.63) is 27.2 Å². The van der Waals surface area contributed by atoms with Crippen molar-refractivity contribution in [2.24, 2.45) is 11.6 Å². The van der Waals surface area contributed by atoms with Gasteiger partial charge in [-0.3, -0.25) is 10.6 Å². The van der Waals surface area contributed by atoms with Crippen molar-refractivity contribution >= 4 is 40.0 Å². The van der Waals surface area contributed by atoms with Crippen molar-refractivity contribution in [2.75, 3.05) is 23.4 Å². The third kappa shape index (κ3) is 2.36. The van der Waals surface area contributed by atoms with Crippen LogP contribution in [0, 0.1) is 12.7 Å². The number of anilines is 2. The Bertz CT molecular complexity index is 1050. The number of nitrogens with zero attached hydrogens (tertiary/aromatic N) is 2. The van der Waals surface area contributed by atoms with Crippen LogP contribution in [0.5, 0.6) is 0 Å². The zero-order valence-corrected chi connectivity index (χ0v) is 15.7. The van der Waals surface area contributed by atoms with Crippen molar-refractivity contribution in [3.63, 3.8) is 0 Å². The van der Waals surface area contributed by atoms with Crippen LogP contribution in [0.15, 0.2) is 9.82 Å². The number of thioether (sulfide) groups is 1. The van der Waals surface area contributed by atoms with Gasteiger partial charge in [0.25, 0.3) is 0 Å². The molecule has 0 amide bonds. The first-order valence-corrected chi connectivity index (χ1v) is 9.47. The molecule has 2 aromatic rings. The summed E-state index contributed by atoms with van der Waals surface area (Å²) in [6.07, 6.45) is 0.741. The van der Waals surface area contributed by atoms with E-state index in [9.17, 15) is 14.7 Å². The molecule has 0 bridgehead atoms. The summed E-state index contributed by atoms with van der Waals surface area (Å²) in [5.41, 5.74) is 8.45. The number of rotatable bonds is 3. The Kier molecular flexibility index (Phi) is 4.09. The molecule has 27 heavy (non-hydrogen) atoms. The molecule has 3 heterocycles. The molecule has 2 unspecified atom stereocenters. The van der Waals surface area contributed by atoms with Gasteiger partial charge in [0.15, 0.2) is 5.82 Å². The second-order valence-corrected chi connectivity index (χ2v) is 8.23. The minimum absolute atomic E-state index is 0.0342. The van der Waals surface area contributed by atoms with Crippen LogP contribution >= 0.6 is 11.8 Å². The number of carbonyl (C=O) groups is 1. The molecule has 2 atom stereocenters. The Morgan fingerprint density at radius 3 is 2.67 bits per heavy atom. The van der Waals surface area contributed by atoms with Crippen molar-refractivity contribution in [2.45, 2.75) is 36.7 Å². The highest BCUT2D eigenvalue weighted by Gasteiger charge is 2.37. The van der Waals surface area contributed by atoms with Gasteiger partial charge in [0.2, 0.25) is 5.43 Å². The fourth-order valence-corrected chi connectivity index (χ4v) is 5.23. The number of aromatic carboxylic acids is 1. The minimum Gasteiger partial charge on any atom is -0.477 e. The topological polar surface area (TPSA) is 127 Å². The number of fused-ring (bicyclic) bond motifs is 3. The molecule has 1 saturated heterocycles. The minimum atomic E-state index is -1.33. The van der Waals surface area contributed by atoms with Gasteiger partial charge in [-0.05, 0) is 20.3 Å². The number of pyridine rings is 1. The highest BCUT2D eigenvalue weighted by atomic mass is 32.2. The van der Waals surface area contributed by atoms with Gasteiger partial charge >= 0.3 is 5.97 Å². The van der Waals surface area contributed by atoms with E-state index >= 15 is 4.39 Å². The highest BCUT2D eigenvalue weighted by molar-refractivity contribution is 8.00. The standard InChI is InChI=1S/C17H20FN5O3S/c1-6-13-9(15(24)10(17(25)26)16-23(13)7(2)27-16)12(21-20)11(18)14(6)22-4-3-8(19)5-22/h7-8,21H,3-5,19-20H2,1-2H3,(H,25,26). The normalized spacial score (nSPS) is 21.3. The fraction of sp³-hybridized carbons (Fsp3) is 0.412. The van der Waals surface area contributed by atoms with Gasteiger partial charge in [0, 0.05) is 24.7 Å². The van der Waals surface area contributed by atoms with Gasteiger partial charge in [0.05, 0.1) is 27.0 Å². The SMILES string of the molecule is Cc1c(N2CCC(N)C2)c(F)c(NN)c2c(=O)c(C(=O)O)c3n(c12)C(C)S3. The third-order valence-corrected chi connectivity index (χ3v) is 6.47. The number of hydrazine groups is 1. The van der Waals surface area contributed by atoms with Crippen molar-refractivity contribution < 1.29 is 14.3 Å². The molecule has 0 aliphatic carbocycles. The molecule has 2 aliphatic heterocycles. The average molecular weight is 393 g/mol. The number of nitrogen functional groups attached to an aromatic ring is 1. The molecule has 1 aromatic heterocycles. The molecule has 10 heteroatoms. The lowest BCUT2D eigenvalue weighted by Gasteiger charge is -2.35. The molecule has 6 N–H and O–H groups in total. The monoisotopic (exact) mass is 393 g/mol. The van der Waals surface area contributed by atoms with Crippen molar-refractivity contribution in [3.8, 4) is 0 Å². The van der Waals surface area contributed by atoms with Gasteiger partial charge in [-0.25, -0.2) is 9.18 Å². The zero-order valence-electron chi connectivity index (χ0n) is 14.9. The lowest BCUT2D eigenvalue weighted by molar-refractivity contribution is 0.0689. The number of aromatic nitrogens is 1. The number of benzene rings is 1. The molecule has 144 valence electrons. The smallest absolute Gasteiger partial charge is 0.342 e. The molecule has 0 radical (unpaired) electrons. The Morgan fingerprint density at radius 2 is 2.15 bits per heavy atom. The zero-order chi connectivity index (χ0) is 19.6. The van der Waals surface area contributed by atoms with Crippen LogP contribution < -0.4 is 27.3 Å². The lowest BCUT2D eigenvalue weighted by Crippen LogP contribution is -2.32. The number of halogens is 1. The summed E-state index contributed by atoms with van der Waals surface area (Å²) in [4.78, 5) is 26.5. The lowest BCUT2D eigenvalue weighted by atomic mass is 10.0. The number of carboxylic acids is 1. The molecule has 4 rings (SSSR count). The summed E-state index contributed by atoms with van der Waals surface area (Å²) < 4.78 is 17.2. The van der Waals surface area contributed by atoms with Crippen molar-refractivity contribution in [1.29, 1.82) is 0 Å². The summed E-state index contributed by atoms with van der Waals surface area (Å²) in [5.74, 6) is 3.57. The van der Waals surface area contributed by atoms with Crippen LogP contribution in [-0.2, 0) is 0 Å². The van der Waals surface area contributed by atoms with E-state index in [0.717, 1.165) is 6.42 Å². The first-order valence-electron chi connectivity index (χ1n) is 8.59. The largest absolute Gasteiger partial charge is 0.477 e. The number of nitrogens with one attached hydrogen (secondary N) is 1. The van der Waals surface area contributed by atoms with Crippen LogP contribution in [0.3, 0.4) is 0 Å². The summed E-state index contributed by atoms with van der Waals surface area (Å²) in [6.45, 7) is 4.75. The summed E-state index contributed by atoms with van der Waals surface area (Å²) in [6, 6.07) is -0.0525. The van der Waals surface area contributed by atoms with E-state index in [4.69, 9.17) is 11.6 Å². The Balaban J connectivity index is 2.16. The van der Waals surface area contributed by atoms with E-state index in [-0.39, 0.29) is 28.1 Å². The van der Waals surface area contributed by atoms with Crippen LogP contribution in [0.2, 0.25) is 0 Å². The average Bonchev–Trinajstić information content (AvgIpc) is 3.01. The van der Waals surface area contributed by atoms with Crippen LogP contribution in [-0.4, -0.2) is 34.8 Å². The Morgan fingerprint density at radius 1 is 1.44 bits per heavy atom. The van der Waals surface area contributed by atoms with Crippen LogP contribution in [0.4, 0.5) is 15.8 Å². The van der Waals surface area contributed by atoms with Gasteiger partial charge in [0.1, 0.15) is 11.3 Å². The molecule has 1 fully saturated rings. The second kappa shape index (κ2) is 6.11. The fourth-order valence-electron chi connectivity index (χ4n) is 4.10. The van der Waals surface area contributed by atoms with Crippen LogP contribution in [0.25, 0.3) is 10.9 Å². The van der Waals surface area contributed by atoms with E-state index in [1.807, 2.05) is 11.8 Å². The van der Waals surface area contributed by atoms with Crippen LogP contribution in [0.1, 0.15) is 34.6 Å². The highest BCUT2D eigenvalue weighted by Crippen LogP contribution is 2.49. The first kappa shape index (κ1) is 18.1. The van der Waals surface area contributed by atoms with Gasteiger partial charge in [-0.1, -0.05) is 11.8 Å². The van der Waals surface area contributed by atoms with Gasteiger partial charge < -0.3 is 25.7 Å². The third-order valence-electron chi connectivity index (χ3n) is 5.30. The number of nitrogens with two attached hydrogens (primary N) is 2. The van der Waals surface area contributed by atoms with E-state index in [1.165, 1.54) is 11.8 Å². The Hall–Kier alpha value is -2.30. The van der Waals surface area contributed by atoms with Gasteiger partial charge in [-0.2, -0.15) is 0 Å². The number of hydrogen-bond acceptors (Lipinski definition) is 7. The van der Waals surface area contributed by atoms with E-state index in [0.29, 0.717) is 34.9 Å². The molecule has 0 spiro atoms. The maximum atomic E-state index is 15.4. The van der Waals surface area contributed by atoms with Gasteiger partial charge in [-0.15, -0.1) is 0 Å². The van der Waals surface area contributed by atoms with Crippen molar-refractivity contribution in [1.82, 2.24) is 4.57 Å². The number of hydrogen-bond donors (Lipinski definition) is 4. The summed E-state index contributed by atoms with van der Waals surface area (Å²) >= 11 is 1.31. The predicted octanol–water partition coefficient (Wildman–Crippen LogP) is 1.59. The summed E-state index contributed by atoms with van der Waals surface area (Å²) in [7, 11) is 0. The van der Waals surface area contributed by atoms with E-state index < -0.39 is 17.2 Å². The molecule has 8 nitrogen and oxygen atoms in total. The summed E-state index contributed by atoms with van der Waals surface area (Å²) in [5, 5.41) is 9.79. The number of carboxylic acid groups (broad SMARTS) is 1. The first-order chi connectivity index (χ1) is 12.8. The van der Waals surface area contributed by atoms with E-state index in [2.05, 4.69) is 5.43 Å². The Labute approximate surface area is 158 Å². The predicted molar refractivity (Wildman–Crippen MR) is 103 cm³/mol. The second-order valence-electron chi connectivity index (χ2n) is 6.93.